The molecule has 4 heteroatoms. The molecule has 0 bridgehead atoms. The number of hydrogen-bond donors (Lipinski definition) is 1. The van der Waals surface area contributed by atoms with Gasteiger partial charge in [0.25, 0.3) is 0 Å². The zero-order chi connectivity index (χ0) is 15.4. The van der Waals surface area contributed by atoms with Crippen LogP contribution in [0.2, 0.25) is 0 Å². The Hall–Kier alpha value is -1.42. The van der Waals surface area contributed by atoms with E-state index in [1.165, 1.54) is 12.8 Å². The van der Waals surface area contributed by atoms with Crippen LogP contribution in [0.1, 0.15) is 43.7 Å². The summed E-state index contributed by atoms with van der Waals surface area (Å²) < 4.78 is 0. The van der Waals surface area contributed by atoms with Gasteiger partial charge in [0.2, 0.25) is 5.91 Å². The second-order valence-corrected chi connectivity index (χ2v) is 6.66. The number of amides is 1. The smallest absolute Gasteiger partial charge is 0.225 e. The Kier molecular flexibility index (Phi) is 5.34. The van der Waals surface area contributed by atoms with Crippen molar-refractivity contribution in [2.45, 2.75) is 39.2 Å². The van der Waals surface area contributed by atoms with Gasteiger partial charge in [-0.1, -0.05) is 37.3 Å². The molecule has 0 aliphatic heterocycles. The van der Waals surface area contributed by atoms with Crippen LogP contribution in [-0.2, 0) is 11.3 Å². The van der Waals surface area contributed by atoms with Crippen molar-refractivity contribution in [3.05, 3.63) is 35.4 Å². The first-order chi connectivity index (χ1) is 9.97. The highest BCUT2D eigenvalue weighted by atomic mass is 32.1. The van der Waals surface area contributed by atoms with Gasteiger partial charge in [-0.2, -0.15) is 0 Å². The molecule has 0 aromatic heterocycles. The molecule has 114 valence electrons. The molecule has 0 spiro atoms. The van der Waals surface area contributed by atoms with E-state index >= 15 is 0 Å². The Labute approximate surface area is 132 Å². The van der Waals surface area contributed by atoms with Gasteiger partial charge in [0.05, 0.1) is 0 Å². The summed E-state index contributed by atoms with van der Waals surface area (Å²) in [4.78, 5) is 14.7. The molecule has 0 unspecified atom stereocenters. The molecule has 1 aliphatic rings. The Morgan fingerprint density at radius 1 is 1.33 bits per heavy atom. The molecule has 1 saturated carbocycles. The Bertz CT molecular complexity index is 521. The van der Waals surface area contributed by atoms with Gasteiger partial charge in [0.1, 0.15) is 4.99 Å². The molecule has 2 rings (SSSR count). The summed E-state index contributed by atoms with van der Waals surface area (Å²) >= 11 is 5.00. The average Bonchev–Trinajstić information content (AvgIpc) is 2.47. The molecule has 1 aliphatic carbocycles. The van der Waals surface area contributed by atoms with Crippen molar-refractivity contribution in [1.82, 2.24) is 4.90 Å². The van der Waals surface area contributed by atoms with Crippen LogP contribution in [0.5, 0.6) is 0 Å². The van der Waals surface area contributed by atoms with E-state index in [0.717, 1.165) is 29.9 Å². The third-order valence-corrected chi connectivity index (χ3v) is 4.61. The van der Waals surface area contributed by atoms with Gasteiger partial charge in [-0.3, -0.25) is 4.79 Å². The zero-order valence-electron chi connectivity index (χ0n) is 12.8. The number of benzene rings is 1. The minimum atomic E-state index is 0.199. The molecular weight excluding hydrogens is 280 g/mol. The van der Waals surface area contributed by atoms with E-state index < -0.39 is 0 Å². The molecule has 21 heavy (non-hydrogen) atoms. The lowest BCUT2D eigenvalue weighted by molar-refractivity contribution is -0.136. The molecule has 1 aromatic carbocycles. The molecule has 3 nitrogen and oxygen atoms in total. The van der Waals surface area contributed by atoms with E-state index in [-0.39, 0.29) is 11.8 Å². The fraction of sp³-hybridized carbons (Fsp3) is 0.529. The second-order valence-electron chi connectivity index (χ2n) is 6.22. The SMILES string of the molecule is CC1CCC(C(=O)N(C)Cc2cccc(C(N)=S)c2)CC1. The normalized spacial score (nSPS) is 21.8. The van der Waals surface area contributed by atoms with Crippen LogP contribution in [0, 0.1) is 11.8 Å². The largest absolute Gasteiger partial charge is 0.389 e. The van der Waals surface area contributed by atoms with E-state index in [2.05, 4.69) is 6.92 Å². The summed E-state index contributed by atoms with van der Waals surface area (Å²) in [7, 11) is 1.88. The van der Waals surface area contributed by atoms with Gasteiger partial charge in [-0.15, -0.1) is 0 Å². The van der Waals surface area contributed by atoms with Crippen molar-refractivity contribution in [2.24, 2.45) is 17.6 Å². The van der Waals surface area contributed by atoms with Crippen LogP contribution < -0.4 is 5.73 Å². The fourth-order valence-electron chi connectivity index (χ4n) is 2.99. The van der Waals surface area contributed by atoms with Gasteiger partial charge in [-0.25, -0.2) is 0 Å². The van der Waals surface area contributed by atoms with Crippen molar-refractivity contribution < 1.29 is 4.79 Å². The number of carbonyl (C=O) groups excluding carboxylic acids is 1. The molecule has 0 heterocycles. The predicted octanol–water partition coefficient (Wildman–Crippen LogP) is 3.11. The maximum Gasteiger partial charge on any atom is 0.225 e. The predicted molar refractivity (Wildman–Crippen MR) is 89.9 cm³/mol. The lowest BCUT2D eigenvalue weighted by atomic mass is 9.82. The summed E-state index contributed by atoms with van der Waals surface area (Å²) in [6.07, 6.45) is 4.39. The summed E-state index contributed by atoms with van der Waals surface area (Å²) in [5.41, 5.74) is 7.58. The number of thiocarbonyl (C=S) groups is 1. The lowest BCUT2D eigenvalue weighted by Gasteiger charge is -2.29. The van der Waals surface area contributed by atoms with Crippen LogP contribution in [0.4, 0.5) is 0 Å². The van der Waals surface area contributed by atoms with Crippen molar-refractivity contribution in [2.75, 3.05) is 7.05 Å². The van der Waals surface area contributed by atoms with Crippen LogP contribution in [0.25, 0.3) is 0 Å². The maximum atomic E-state index is 12.5. The number of nitrogens with two attached hydrogens (primary N) is 1. The fourth-order valence-corrected chi connectivity index (χ4v) is 3.12. The van der Waals surface area contributed by atoms with Crippen molar-refractivity contribution in [1.29, 1.82) is 0 Å². The Morgan fingerprint density at radius 2 is 2.00 bits per heavy atom. The van der Waals surface area contributed by atoms with Gasteiger partial charge < -0.3 is 10.6 Å². The Morgan fingerprint density at radius 3 is 2.62 bits per heavy atom. The van der Waals surface area contributed by atoms with Crippen molar-refractivity contribution >= 4 is 23.1 Å². The first kappa shape index (κ1) is 16.0. The van der Waals surface area contributed by atoms with Crippen molar-refractivity contribution in [3.8, 4) is 0 Å². The van der Waals surface area contributed by atoms with E-state index in [9.17, 15) is 4.79 Å². The van der Waals surface area contributed by atoms with E-state index in [1.807, 2.05) is 36.2 Å². The summed E-state index contributed by atoms with van der Waals surface area (Å²) in [5, 5.41) is 0. The standard InChI is InChI=1S/C17H24N2OS/c1-12-6-8-14(9-7-12)17(20)19(2)11-13-4-3-5-15(10-13)16(18)21/h3-5,10,12,14H,6-9,11H2,1-2H3,(H2,18,21). The summed E-state index contributed by atoms with van der Waals surface area (Å²) in [6, 6.07) is 7.81. The molecule has 0 radical (unpaired) electrons. The second kappa shape index (κ2) is 7.03. The minimum Gasteiger partial charge on any atom is -0.389 e. The Balaban J connectivity index is 1.97. The molecule has 2 N–H and O–H groups in total. The van der Waals surface area contributed by atoms with Gasteiger partial charge >= 0.3 is 0 Å². The minimum absolute atomic E-state index is 0.199. The van der Waals surface area contributed by atoms with Crippen LogP contribution in [-0.4, -0.2) is 22.8 Å². The summed E-state index contributed by atoms with van der Waals surface area (Å²) in [6.45, 7) is 2.88. The van der Waals surface area contributed by atoms with E-state index in [4.69, 9.17) is 18.0 Å². The molecule has 0 saturated heterocycles. The van der Waals surface area contributed by atoms with Gasteiger partial charge in [0, 0.05) is 25.1 Å². The van der Waals surface area contributed by atoms with E-state index in [1.54, 1.807) is 0 Å². The summed E-state index contributed by atoms with van der Waals surface area (Å²) in [5.74, 6) is 1.23. The van der Waals surface area contributed by atoms with Crippen LogP contribution in [0.15, 0.2) is 24.3 Å². The number of rotatable bonds is 4. The van der Waals surface area contributed by atoms with Gasteiger partial charge in [0.15, 0.2) is 0 Å². The first-order valence-corrected chi connectivity index (χ1v) is 8.02. The average molecular weight is 304 g/mol. The highest BCUT2D eigenvalue weighted by Crippen LogP contribution is 2.29. The topological polar surface area (TPSA) is 46.3 Å². The zero-order valence-corrected chi connectivity index (χ0v) is 13.7. The molecule has 1 fully saturated rings. The third-order valence-electron chi connectivity index (χ3n) is 4.37. The molecular formula is C17H24N2OS. The van der Waals surface area contributed by atoms with Gasteiger partial charge in [-0.05, 0) is 43.2 Å². The highest BCUT2D eigenvalue weighted by molar-refractivity contribution is 7.80. The monoisotopic (exact) mass is 304 g/mol. The van der Waals surface area contributed by atoms with Crippen molar-refractivity contribution in [3.63, 3.8) is 0 Å². The molecule has 0 atom stereocenters. The highest BCUT2D eigenvalue weighted by Gasteiger charge is 2.26. The number of hydrogen-bond acceptors (Lipinski definition) is 2. The first-order valence-electron chi connectivity index (χ1n) is 7.61. The quantitative estimate of drug-likeness (QED) is 0.869. The third kappa shape index (κ3) is 4.27. The molecule has 1 amide bonds. The maximum absolute atomic E-state index is 12.5. The lowest BCUT2D eigenvalue weighted by Crippen LogP contribution is -2.34. The van der Waals surface area contributed by atoms with Crippen LogP contribution in [0.3, 0.4) is 0 Å². The number of carbonyl (C=O) groups is 1. The van der Waals surface area contributed by atoms with E-state index in [0.29, 0.717) is 11.5 Å². The number of nitrogens with zero attached hydrogens (tertiary/aromatic N) is 1. The van der Waals surface area contributed by atoms with Crippen LogP contribution >= 0.6 is 12.2 Å². The molecule has 1 aromatic rings.